The lowest BCUT2D eigenvalue weighted by molar-refractivity contribution is 0.103. The Labute approximate surface area is 109 Å². The van der Waals surface area contributed by atoms with Crippen molar-refractivity contribution in [1.82, 2.24) is 0 Å². The Bertz CT molecular complexity index is 647. The first-order valence-corrected chi connectivity index (χ1v) is 6.01. The SMILES string of the molecule is [B][B]c1ccc2c(c1)C(=O)c1cc(C)ccc1C2. The van der Waals surface area contributed by atoms with Gasteiger partial charge in [-0.3, -0.25) is 4.79 Å². The summed E-state index contributed by atoms with van der Waals surface area (Å²) in [7, 11) is 7.04. The molecule has 3 rings (SSSR count). The summed E-state index contributed by atoms with van der Waals surface area (Å²) in [6.45, 7) is 2.01. The summed E-state index contributed by atoms with van der Waals surface area (Å²) in [5.41, 5.74) is 5.82. The van der Waals surface area contributed by atoms with Gasteiger partial charge in [-0.15, -0.1) is 0 Å². The molecule has 1 aliphatic rings. The van der Waals surface area contributed by atoms with Gasteiger partial charge in [0.2, 0.25) is 0 Å². The van der Waals surface area contributed by atoms with E-state index in [1.807, 2.05) is 31.2 Å². The molecule has 1 aliphatic carbocycles. The normalized spacial score (nSPS) is 12.8. The Balaban J connectivity index is 2.16. The molecule has 83 valence electrons. The topological polar surface area (TPSA) is 17.1 Å². The first-order chi connectivity index (χ1) is 8.69. The average Bonchev–Trinajstić information content (AvgIpc) is 2.40. The molecule has 0 N–H and O–H groups in total. The molecule has 0 saturated carbocycles. The van der Waals surface area contributed by atoms with Gasteiger partial charge in [-0.2, -0.15) is 0 Å². The van der Waals surface area contributed by atoms with Crippen molar-refractivity contribution in [3.8, 4) is 0 Å². The van der Waals surface area contributed by atoms with Gasteiger partial charge in [-0.25, -0.2) is 0 Å². The lowest BCUT2D eigenvalue weighted by Gasteiger charge is -2.19. The van der Waals surface area contributed by atoms with Crippen LogP contribution in [0, 0.1) is 6.92 Å². The minimum atomic E-state index is 0.110. The van der Waals surface area contributed by atoms with Crippen LogP contribution >= 0.6 is 0 Å². The van der Waals surface area contributed by atoms with Crippen molar-refractivity contribution in [2.24, 2.45) is 0 Å². The summed E-state index contributed by atoms with van der Waals surface area (Å²) in [6, 6.07) is 11.9. The fraction of sp³-hybridized carbons (Fsp3) is 0.133. The Morgan fingerprint density at radius 3 is 2.44 bits per heavy atom. The number of hydrogen-bond donors (Lipinski definition) is 0. The maximum Gasteiger partial charge on any atom is 0.193 e. The maximum absolute atomic E-state index is 12.5. The van der Waals surface area contributed by atoms with E-state index >= 15 is 0 Å². The maximum atomic E-state index is 12.5. The van der Waals surface area contributed by atoms with E-state index in [1.165, 1.54) is 7.17 Å². The minimum absolute atomic E-state index is 0.110. The number of carbonyl (C=O) groups excluding carboxylic acids is 1. The smallest absolute Gasteiger partial charge is 0.193 e. The second-order valence-corrected chi connectivity index (χ2v) is 4.75. The van der Waals surface area contributed by atoms with Crippen molar-refractivity contribution in [2.75, 3.05) is 0 Å². The number of rotatable bonds is 1. The molecule has 1 nitrogen and oxygen atoms in total. The van der Waals surface area contributed by atoms with Crippen molar-refractivity contribution in [1.29, 1.82) is 0 Å². The van der Waals surface area contributed by atoms with Crippen LogP contribution in [0.15, 0.2) is 36.4 Å². The van der Waals surface area contributed by atoms with Gasteiger partial charge in [0.15, 0.2) is 5.78 Å². The van der Waals surface area contributed by atoms with Crippen molar-refractivity contribution in [2.45, 2.75) is 13.3 Å². The summed E-state index contributed by atoms with van der Waals surface area (Å²) >= 11 is 0. The van der Waals surface area contributed by atoms with Gasteiger partial charge in [0.05, 0.1) is 7.17 Å². The molecule has 0 amide bonds. The molecule has 0 saturated heterocycles. The number of carbonyl (C=O) groups is 1. The van der Waals surface area contributed by atoms with Crippen molar-refractivity contribution in [3.05, 3.63) is 64.2 Å². The Morgan fingerprint density at radius 2 is 1.72 bits per heavy atom. The van der Waals surface area contributed by atoms with Crippen LogP contribution < -0.4 is 5.46 Å². The van der Waals surface area contributed by atoms with E-state index in [2.05, 4.69) is 12.1 Å². The highest BCUT2D eigenvalue weighted by atomic mass is 16.1. The summed E-state index contributed by atoms with van der Waals surface area (Å²) in [5, 5.41) is 0. The number of hydrogen-bond acceptors (Lipinski definition) is 1. The zero-order valence-corrected chi connectivity index (χ0v) is 10.2. The molecule has 0 spiro atoms. The molecular weight excluding hydrogens is 218 g/mol. The fourth-order valence-corrected chi connectivity index (χ4v) is 2.47. The third-order valence-electron chi connectivity index (χ3n) is 3.46. The van der Waals surface area contributed by atoms with Gasteiger partial charge < -0.3 is 0 Å². The van der Waals surface area contributed by atoms with Crippen LogP contribution in [0.4, 0.5) is 0 Å². The summed E-state index contributed by atoms with van der Waals surface area (Å²) < 4.78 is 0. The standard InChI is InChI=1S/C15H11B2O/c1-9-2-3-10-7-11-4-5-12(17-16)8-14(11)15(18)13(10)6-9/h2-6,8H,7H2,1H3. The lowest BCUT2D eigenvalue weighted by Crippen LogP contribution is -2.21. The van der Waals surface area contributed by atoms with E-state index < -0.39 is 0 Å². The monoisotopic (exact) mass is 229 g/mol. The zero-order chi connectivity index (χ0) is 12.7. The van der Waals surface area contributed by atoms with Crippen LogP contribution in [0.1, 0.15) is 32.6 Å². The molecule has 0 aromatic heterocycles. The highest BCUT2D eigenvalue weighted by molar-refractivity contribution is 6.97. The molecule has 0 unspecified atom stereocenters. The number of aryl methyl sites for hydroxylation is 1. The minimum Gasteiger partial charge on any atom is -0.289 e. The summed E-state index contributed by atoms with van der Waals surface area (Å²) in [6.07, 6.45) is 0.821. The van der Waals surface area contributed by atoms with E-state index in [4.69, 9.17) is 7.74 Å². The van der Waals surface area contributed by atoms with E-state index in [9.17, 15) is 4.79 Å². The summed E-state index contributed by atoms with van der Waals surface area (Å²) in [5.74, 6) is 0.110. The van der Waals surface area contributed by atoms with Crippen molar-refractivity contribution >= 4 is 26.2 Å². The quantitative estimate of drug-likeness (QED) is 0.578. The molecule has 2 aromatic rings. The first kappa shape index (κ1) is 11.3. The van der Waals surface area contributed by atoms with Crippen LogP contribution in [0.25, 0.3) is 0 Å². The predicted octanol–water partition coefficient (Wildman–Crippen LogP) is 1.54. The van der Waals surface area contributed by atoms with E-state index in [0.29, 0.717) is 0 Å². The molecule has 0 atom stereocenters. The van der Waals surface area contributed by atoms with E-state index in [-0.39, 0.29) is 5.78 Å². The van der Waals surface area contributed by atoms with E-state index in [1.54, 1.807) is 0 Å². The Kier molecular flexibility index (Phi) is 2.62. The Morgan fingerprint density at radius 1 is 1.06 bits per heavy atom. The van der Waals surface area contributed by atoms with Crippen LogP contribution in [-0.2, 0) is 6.42 Å². The second kappa shape index (κ2) is 4.16. The Hall–Kier alpha value is -1.76. The van der Waals surface area contributed by atoms with Gasteiger partial charge in [-0.1, -0.05) is 41.4 Å². The van der Waals surface area contributed by atoms with Gasteiger partial charge in [0.25, 0.3) is 0 Å². The van der Waals surface area contributed by atoms with Gasteiger partial charge in [0.1, 0.15) is 0 Å². The largest absolute Gasteiger partial charge is 0.289 e. The van der Waals surface area contributed by atoms with Crippen LogP contribution in [-0.4, -0.2) is 20.7 Å². The third kappa shape index (κ3) is 1.71. The van der Waals surface area contributed by atoms with Crippen LogP contribution in [0.2, 0.25) is 0 Å². The molecule has 0 fully saturated rings. The number of fused-ring (bicyclic) bond motifs is 2. The van der Waals surface area contributed by atoms with Crippen LogP contribution in [0.5, 0.6) is 0 Å². The predicted molar refractivity (Wildman–Crippen MR) is 75.0 cm³/mol. The number of ketones is 1. The molecule has 3 heteroatoms. The zero-order valence-electron chi connectivity index (χ0n) is 10.2. The molecule has 3 radical (unpaired) electrons. The van der Waals surface area contributed by atoms with Crippen molar-refractivity contribution in [3.63, 3.8) is 0 Å². The van der Waals surface area contributed by atoms with Gasteiger partial charge >= 0.3 is 0 Å². The fourth-order valence-electron chi connectivity index (χ4n) is 2.47. The first-order valence-electron chi connectivity index (χ1n) is 6.01. The third-order valence-corrected chi connectivity index (χ3v) is 3.46. The highest BCUT2D eigenvalue weighted by Gasteiger charge is 2.23. The number of benzene rings is 2. The van der Waals surface area contributed by atoms with Crippen molar-refractivity contribution < 1.29 is 4.79 Å². The second-order valence-electron chi connectivity index (χ2n) is 4.75. The summed E-state index contributed by atoms with van der Waals surface area (Å²) in [4.78, 5) is 12.5. The van der Waals surface area contributed by atoms with Gasteiger partial charge in [0, 0.05) is 18.9 Å². The molecule has 2 aromatic carbocycles. The van der Waals surface area contributed by atoms with Gasteiger partial charge in [-0.05, 0) is 30.5 Å². The molecule has 0 bridgehead atoms. The molecule has 0 heterocycles. The molecule has 0 aliphatic heterocycles. The lowest BCUT2D eigenvalue weighted by atomic mass is 9.51. The van der Waals surface area contributed by atoms with E-state index in [0.717, 1.165) is 39.7 Å². The van der Waals surface area contributed by atoms with Crippen LogP contribution in [0.3, 0.4) is 0 Å². The average molecular weight is 229 g/mol. The molecule has 18 heavy (non-hydrogen) atoms. The molecular formula is C15H11B2O. The highest BCUT2D eigenvalue weighted by Crippen LogP contribution is 2.27.